The first-order valence-electron chi connectivity index (χ1n) is 4.46. The highest BCUT2D eigenvalue weighted by Gasteiger charge is 1.98. The van der Waals surface area contributed by atoms with Gasteiger partial charge >= 0.3 is 0 Å². The number of rotatable bonds is 3. The van der Waals surface area contributed by atoms with Crippen molar-refractivity contribution in [2.45, 2.75) is 6.54 Å². The first kappa shape index (κ1) is 10.6. The Labute approximate surface area is 100 Å². The maximum Gasteiger partial charge on any atom is 0.125 e. The second kappa shape index (κ2) is 4.77. The summed E-state index contributed by atoms with van der Waals surface area (Å²) in [4.78, 5) is 1.21. The Morgan fingerprint density at radius 2 is 2.20 bits per heavy atom. The molecule has 1 aromatic carbocycles. The van der Waals surface area contributed by atoms with E-state index < -0.39 is 0 Å². The lowest BCUT2D eigenvalue weighted by Gasteiger charge is -2.03. The van der Waals surface area contributed by atoms with E-state index in [-0.39, 0.29) is 5.82 Å². The Morgan fingerprint density at radius 1 is 1.33 bits per heavy atom. The Balaban J connectivity index is 1.99. The van der Waals surface area contributed by atoms with Gasteiger partial charge in [-0.05, 0) is 40.2 Å². The molecule has 0 spiro atoms. The number of anilines is 1. The maximum absolute atomic E-state index is 12.9. The van der Waals surface area contributed by atoms with Crippen molar-refractivity contribution in [1.29, 1.82) is 0 Å². The SMILES string of the molecule is Fc1cccc(NCc2cc(Br)cs2)c1. The van der Waals surface area contributed by atoms with Crippen LogP contribution in [0.25, 0.3) is 0 Å². The minimum atomic E-state index is -0.215. The third-order valence-corrected chi connectivity index (χ3v) is 3.61. The van der Waals surface area contributed by atoms with Crippen LogP contribution >= 0.6 is 27.3 Å². The number of hydrogen-bond donors (Lipinski definition) is 1. The molecule has 4 heteroatoms. The van der Waals surface area contributed by atoms with Crippen LogP contribution in [-0.4, -0.2) is 0 Å². The van der Waals surface area contributed by atoms with Gasteiger partial charge in [0.25, 0.3) is 0 Å². The van der Waals surface area contributed by atoms with Gasteiger partial charge in [-0.15, -0.1) is 11.3 Å². The van der Waals surface area contributed by atoms with Gasteiger partial charge in [-0.2, -0.15) is 0 Å². The standard InChI is InChI=1S/C11H9BrFNS/c12-8-4-11(15-7-8)6-14-10-3-1-2-9(13)5-10/h1-5,7,14H,6H2. The van der Waals surface area contributed by atoms with Crippen LogP contribution in [0.1, 0.15) is 4.88 Å². The quantitative estimate of drug-likeness (QED) is 0.888. The van der Waals surface area contributed by atoms with Crippen molar-refractivity contribution in [2.24, 2.45) is 0 Å². The number of benzene rings is 1. The topological polar surface area (TPSA) is 12.0 Å². The van der Waals surface area contributed by atoms with Gasteiger partial charge in [0, 0.05) is 27.0 Å². The van der Waals surface area contributed by atoms with E-state index in [1.54, 1.807) is 17.4 Å². The molecule has 0 amide bonds. The lowest BCUT2D eigenvalue weighted by Crippen LogP contribution is -1.97. The molecule has 0 unspecified atom stereocenters. The molecule has 78 valence electrons. The monoisotopic (exact) mass is 285 g/mol. The van der Waals surface area contributed by atoms with Crippen molar-refractivity contribution in [3.63, 3.8) is 0 Å². The van der Waals surface area contributed by atoms with Crippen molar-refractivity contribution < 1.29 is 4.39 Å². The molecule has 15 heavy (non-hydrogen) atoms. The lowest BCUT2D eigenvalue weighted by atomic mass is 10.3. The molecular formula is C11H9BrFNS. The largest absolute Gasteiger partial charge is 0.380 e. The van der Waals surface area contributed by atoms with Crippen LogP contribution in [0.2, 0.25) is 0 Å². The summed E-state index contributed by atoms with van der Waals surface area (Å²) in [5.74, 6) is -0.215. The van der Waals surface area contributed by atoms with Crippen molar-refractivity contribution in [3.8, 4) is 0 Å². The van der Waals surface area contributed by atoms with Crippen LogP contribution in [-0.2, 0) is 6.54 Å². The molecule has 0 radical (unpaired) electrons. The van der Waals surface area contributed by atoms with Crippen molar-refractivity contribution in [1.82, 2.24) is 0 Å². The van der Waals surface area contributed by atoms with Gasteiger partial charge in [-0.3, -0.25) is 0 Å². The molecule has 0 fully saturated rings. The minimum Gasteiger partial charge on any atom is -0.380 e. The highest BCUT2D eigenvalue weighted by Crippen LogP contribution is 2.20. The minimum absolute atomic E-state index is 0.215. The lowest BCUT2D eigenvalue weighted by molar-refractivity contribution is 0.628. The Kier molecular flexibility index (Phi) is 3.38. The average Bonchev–Trinajstić information content (AvgIpc) is 2.62. The first-order chi connectivity index (χ1) is 7.24. The Bertz CT molecular complexity index is 455. The van der Waals surface area contributed by atoms with E-state index in [0.29, 0.717) is 0 Å². The van der Waals surface area contributed by atoms with Gasteiger partial charge in [0.1, 0.15) is 5.82 Å². The van der Waals surface area contributed by atoms with Crippen LogP contribution in [0.5, 0.6) is 0 Å². The van der Waals surface area contributed by atoms with Gasteiger partial charge in [0.15, 0.2) is 0 Å². The third kappa shape index (κ3) is 3.04. The van der Waals surface area contributed by atoms with Gasteiger partial charge < -0.3 is 5.32 Å². The molecule has 0 atom stereocenters. The van der Waals surface area contributed by atoms with E-state index in [1.165, 1.54) is 17.0 Å². The molecule has 0 bridgehead atoms. The summed E-state index contributed by atoms with van der Waals surface area (Å²) in [7, 11) is 0. The van der Waals surface area contributed by atoms with Crippen molar-refractivity contribution in [3.05, 3.63) is 50.9 Å². The van der Waals surface area contributed by atoms with Gasteiger partial charge in [-0.1, -0.05) is 6.07 Å². The molecule has 1 aromatic heterocycles. The van der Waals surface area contributed by atoms with Crippen LogP contribution in [0.4, 0.5) is 10.1 Å². The Morgan fingerprint density at radius 3 is 2.87 bits per heavy atom. The van der Waals surface area contributed by atoms with Crippen LogP contribution in [0.3, 0.4) is 0 Å². The average molecular weight is 286 g/mol. The summed E-state index contributed by atoms with van der Waals surface area (Å²) in [5.41, 5.74) is 0.805. The summed E-state index contributed by atoms with van der Waals surface area (Å²) in [6, 6.07) is 8.53. The molecular weight excluding hydrogens is 277 g/mol. The van der Waals surface area contributed by atoms with E-state index in [2.05, 4.69) is 27.3 Å². The van der Waals surface area contributed by atoms with E-state index in [9.17, 15) is 4.39 Å². The molecule has 0 aliphatic rings. The summed E-state index contributed by atoms with van der Waals surface area (Å²) in [6.07, 6.45) is 0. The second-order valence-electron chi connectivity index (χ2n) is 3.10. The zero-order valence-electron chi connectivity index (χ0n) is 7.84. The third-order valence-electron chi connectivity index (χ3n) is 1.91. The second-order valence-corrected chi connectivity index (χ2v) is 5.01. The molecule has 1 nitrogen and oxygen atoms in total. The van der Waals surface area contributed by atoms with Gasteiger partial charge in [-0.25, -0.2) is 4.39 Å². The van der Waals surface area contributed by atoms with E-state index in [0.717, 1.165) is 16.7 Å². The fourth-order valence-corrected chi connectivity index (χ4v) is 2.62. The fourth-order valence-electron chi connectivity index (χ4n) is 1.23. The molecule has 1 N–H and O–H groups in total. The molecule has 2 aromatic rings. The highest BCUT2D eigenvalue weighted by molar-refractivity contribution is 9.10. The molecule has 0 saturated heterocycles. The zero-order valence-corrected chi connectivity index (χ0v) is 10.2. The molecule has 0 aliphatic carbocycles. The number of halogens is 2. The smallest absolute Gasteiger partial charge is 0.125 e. The van der Waals surface area contributed by atoms with Crippen molar-refractivity contribution >= 4 is 33.0 Å². The molecule has 1 heterocycles. The zero-order chi connectivity index (χ0) is 10.7. The summed E-state index contributed by atoms with van der Waals surface area (Å²) in [6.45, 7) is 0.722. The number of hydrogen-bond acceptors (Lipinski definition) is 2. The van der Waals surface area contributed by atoms with Gasteiger partial charge in [0.05, 0.1) is 0 Å². The number of thiophene rings is 1. The molecule has 0 aliphatic heterocycles. The summed E-state index contributed by atoms with van der Waals surface area (Å²) < 4.78 is 13.9. The van der Waals surface area contributed by atoms with Gasteiger partial charge in [0.2, 0.25) is 0 Å². The predicted octanol–water partition coefficient (Wildman–Crippen LogP) is 4.26. The molecule has 0 saturated carbocycles. The first-order valence-corrected chi connectivity index (χ1v) is 6.13. The van der Waals surface area contributed by atoms with E-state index in [1.807, 2.05) is 11.4 Å². The van der Waals surface area contributed by atoms with E-state index in [4.69, 9.17) is 0 Å². The van der Waals surface area contributed by atoms with Crippen molar-refractivity contribution in [2.75, 3.05) is 5.32 Å². The van der Waals surface area contributed by atoms with Crippen LogP contribution in [0, 0.1) is 5.82 Å². The Hall–Kier alpha value is -0.870. The molecule has 2 rings (SSSR count). The summed E-state index contributed by atoms with van der Waals surface area (Å²) >= 11 is 5.06. The summed E-state index contributed by atoms with van der Waals surface area (Å²) in [5, 5.41) is 5.20. The highest BCUT2D eigenvalue weighted by atomic mass is 79.9. The fraction of sp³-hybridized carbons (Fsp3) is 0.0909. The number of nitrogens with one attached hydrogen (secondary N) is 1. The maximum atomic E-state index is 12.9. The van der Waals surface area contributed by atoms with Crippen LogP contribution < -0.4 is 5.32 Å². The predicted molar refractivity (Wildman–Crippen MR) is 65.7 cm³/mol. The van der Waals surface area contributed by atoms with E-state index >= 15 is 0 Å². The van der Waals surface area contributed by atoms with Crippen LogP contribution in [0.15, 0.2) is 40.2 Å². The normalized spacial score (nSPS) is 10.3.